The Labute approximate surface area is 242 Å². The lowest BCUT2D eigenvalue weighted by molar-refractivity contribution is 0.158. The lowest BCUT2D eigenvalue weighted by Gasteiger charge is -2.28. The first kappa shape index (κ1) is 31.1. The number of fused-ring (bicyclic) bond motifs is 3. The molecule has 0 aliphatic heterocycles. The molecule has 226 valence electrons. The van der Waals surface area contributed by atoms with Crippen molar-refractivity contribution in [3.8, 4) is 28.5 Å². The van der Waals surface area contributed by atoms with Crippen LogP contribution in [0.1, 0.15) is 6.92 Å². The van der Waals surface area contributed by atoms with Crippen molar-refractivity contribution in [2.24, 2.45) is 0 Å². The average Bonchev–Trinajstić information content (AvgIpc) is 2.94. The molecule has 0 saturated carbocycles. The van der Waals surface area contributed by atoms with Gasteiger partial charge >= 0.3 is 0 Å². The van der Waals surface area contributed by atoms with Gasteiger partial charge in [0.1, 0.15) is 18.2 Å². The molecule has 4 rings (SSSR count). The standard InChI is InChI=1S/C26H31N5O9S2/c1-16(31(4-6-41(32,33)34)5-7-42(35,36)37)15-40-18-8-17(12-28-13-18)22-9-19-20-10-24(38-2)25(39-3)11-23(20)29-14-21(19)26(27)30-22/h8-14,16H,4-7,15H2,1-3H3,(H2,27,30)(H,32,33,34)(H,35,36,37). The second-order valence-corrected chi connectivity index (χ2v) is 12.7. The van der Waals surface area contributed by atoms with Crippen LogP contribution in [0.2, 0.25) is 0 Å². The number of pyridine rings is 3. The predicted octanol–water partition coefficient (Wildman–Crippen LogP) is 2.29. The van der Waals surface area contributed by atoms with Gasteiger partial charge in [-0.1, -0.05) is 0 Å². The maximum atomic E-state index is 11.2. The first-order chi connectivity index (χ1) is 19.8. The number of hydrogen-bond acceptors (Lipinski definition) is 12. The molecule has 4 N–H and O–H groups in total. The Hall–Kier alpha value is -3.83. The topological polar surface area (TPSA) is 204 Å². The zero-order valence-corrected chi connectivity index (χ0v) is 24.7. The fraction of sp³-hybridized carbons (Fsp3) is 0.346. The number of nitrogens with two attached hydrogens (primary N) is 1. The van der Waals surface area contributed by atoms with Gasteiger partial charge in [0.05, 0.1) is 43.1 Å². The van der Waals surface area contributed by atoms with Crippen LogP contribution < -0.4 is 19.9 Å². The number of nitrogen functional groups attached to an aromatic ring is 1. The van der Waals surface area contributed by atoms with Gasteiger partial charge in [0.2, 0.25) is 0 Å². The fourth-order valence-electron chi connectivity index (χ4n) is 4.38. The van der Waals surface area contributed by atoms with Crippen molar-refractivity contribution < 1.29 is 40.2 Å². The van der Waals surface area contributed by atoms with E-state index >= 15 is 0 Å². The van der Waals surface area contributed by atoms with Crippen molar-refractivity contribution in [3.05, 3.63) is 42.9 Å². The molecule has 0 aliphatic carbocycles. The van der Waals surface area contributed by atoms with E-state index in [4.69, 9.17) is 29.0 Å². The zero-order chi connectivity index (χ0) is 30.7. The van der Waals surface area contributed by atoms with Crippen LogP contribution in [0.15, 0.2) is 42.9 Å². The number of nitrogens with zero attached hydrogens (tertiary/aromatic N) is 4. The normalized spacial score (nSPS) is 13.0. The molecule has 0 fully saturated rings. The molecule has 0 spiro atoms. The molecule has 42 heavy (non-hydrogen) atoms. The van der Waals surface area contributed by atoms with Gasteiger partial charge in [-0.3, -0.25) is 24.0 Å². The molecule has 0 radical (unpaired) electrons. The summed E-state index contributed by atoms with van der Waals surface area (Å²) in [6.07, 6.45) is 4.73. The molecule has 1 atom stereocenters. The smallest absolute Gasteiger partial charge is 0.266 e. The summed E-state index contributed by atoms with van der Waals surface area (Å²) in [6.45, 7) is 1.38. The summed E-state index contributed by atoms with van der Waals surface area (Å²) in [4.78, 5) is 14.8. The van der Waals surface area contributed by atoms with E-state index in [9.17, 15) is 16.8 Å². The van der Waals surface area contributed by atoms with E-state index in [2.05, 4.69) is 15.0 Å². The molecule has 0 aliphatic rings. The highest BCUT2D eigenvalue weighted by Gasteiger charge is 2.20. The highest BCUT2D eigenvalue weighted by molar-refractivity contribution is 7.86. The average molecular weight is 622 g/mol. The molecule has 16 heteroatoms. The number of methoxy groups -OCH3 is 2. The Morgan fingerprint density at radius 1 is 0.881 bits per heavy atom. The Bertz CT molecular complexity index is 1780. The number of benzene rings is 1. The minimum absolute atomic E-state index is 0.0211. The molecule has 3 heterocycles. The van der Waals surface area contributed by atoms with Gasteiger partial charge in [0, 0.05) is 53.9 Å². The lowest BCUT2D eigenvalue weighted by atomic mass is 10.0. The van der Waals surface area contributed by atoms with Crippen LogP contribution in [-0.2, 0) is 20.2 Å². The summed E-state index contributed by atoms with van der Waals surface area (Å²) in [5.41, 5.74) is 8.12. The summed E-state index contributed by atoms with van der Waals surface area (Å²) >= 11 is 0. The SMILES string of the molecule is COc1cc2ncc3c(N)nc(-c4cncc(OCC(C)N(CCS(=O)(=O)O)CCS(=O)(=O)O)c4)cc3c2cc1OC. The minimum atomic E-state index is -4.29. The van der Waals surface area contributed by atoms with Crippen molar-refractivity contribution in [3.63, 3.8) is 0 Å². The number of ether oxygens (including phenoxy) is 3. The zero-order valence-electron chi connectivity index (χ0n) is 23.1. The van der Waals surface area contributed by atoms with Gasteiger partial charge in [-0.2, -0.15) is 16.8 Å². The van der Waals surface area contributed by atoms with Gasteiger partial charge in [-0.05, 0) is 30.5 Å². The van der Waals surface area contributed by atoms with Crippen molar-refractivity contribution in [2.75, 3.05) is 51.2 Å². The van der Waals surface area contributed by atoms with Gasteiger partial charge in [-0.15, -0.1) is 0 Å². The largest absolute Gasteiger partial charge is 0.493 e. The van der Waals surface area contributed by atoms with Crippen molar-refractivity contribution >= 4 is 47.7 Å². The summed E-state index contributed by atoms with van der Waals surface area (Å²) < 4.78 is 80.0. The van der Waals surface area contributed by atoms with Gasteiger partial charge < -0.3 is 19.9 Å². The van der Waals surface area contributed by atoms with Crippen LogP contribution in [0.5, 0.6) is 17.2 Å². The maximum absolute atomic E-state index is 11.2. The first-order valence-electron chi connectivity index (χ1n) is 12.6. The van der Waals surface area contributed by atoms with E-state index in [0.29, 0.717) is 39.4 Å². The van der Waals surface area contributed by atoms with Crippen LogP contribution in [0, 0.1) is 0 Å². The number of aromatic nitrogens is 3. The summed E-state index contributed by atoms with van der Waals surface area (Å²) in [6, 6.07) is 6.67. The second-order valence-electron chi connectivity index (χ2n) is 9.51. The quantitative estimate of drug-likeness (QED) is 0.145. The van der Waals surface area contributed by atoms with Gasteiger partial charge in [-0.25, -0.2) is 4.98 Å². The lowest BCUT2D eigenvalue weighted by Crippen LogP contribution is -2.42. The van der Waals surface area contributed by atoms with Gasteiger partial charge in [0.25, 0.3) is 20.2 Å². The third-order valence-electron chi connectivity index (χ3n) is 6.61. The van der Waals surface area contributed by atoms with E-state index < -0.39 is 37.8 Å². The Kier molecular flexibility index (Phi) is 9.32. The molecule has 0 bridgehead atoms. The Balaban J connectivity index is 1.60. The van der Waals surface area contributed by atoms with Crippen molar-refractivity contribution in [1.82, 2.24) is 19.9 Å². The van der Waals surface area contributed by atoms with Crippen LogP contribution in [0.4, 0.5) is 5.82 Å². The van der Waals surface area contributed by atoms with Crippen LogP contribution in [-0.4, -0.2) is 97.3 Å². The maximum Gasteiger partial charge on any atom is 0.266 e. The summed E-state index contributed by atoms with van der Waals surface area (Å²) in [5, 5.41) is 2.23. The molecule has 14 nitrogen and oxygen atoms in total. The third-order valence-corrected chi connectivity index (χ3v) is 8.01. The number of hydrogen-bond donors (Lipinski definition) is 3. The van der Waals surface area contributed by atoms with E-state index in [0.717, 1.165) is 10.8 Å². The van der Waals surface area contributed by atoms with E-state index in [-0.39, 0.29) is 25.5 Å². The van der Waals surface area contributed by atoms with Gasteiger partial charge in [0.15, 0.2) is 11.5 Å². The van der Waals surface area contributed by atoms with Crippen LogP contribution in [0.3, 0.4) is 0 Å². The highest BCUT2D eigenvalue weighted by atomic mass is 32.2. The molecular formula is C26H31N5O9S2. The Morgan fingerprint density at radius 3 is 2.14 bits per heavy atom. The Morgan fingerprint density at radius 2 is 1.52 bits per heavy atom. The van der Waals surface area contributed by atoms with Crippen molar-refractivity contribution in [2.45, 2.75) is 13.0 Å². The molecule has 4 aromatic rings. The monoisotopic (exact) mass is 621 g/mol. The van der Waals surface area contributed by atoms with Crippen molar-refractivity contribution in [1.29, 1.82) is 0 Å². The number of rotatable bonds is 13. The van der Waals surface area contributed by atoms with Crippen LogP contribution >= 0.6 is 0 Å². The fourth-order valence-corrected chi connectivity index (χ4v) is 5.31. The second kappa shape index (κ2) is 12.6. The minimum Gasteiger partial charge on any atom is -0.493 e. The molecule has 1 unspecified atom stereocenters. The first-order valence-corrected chi connectivity index (χ1v) is 15.8. The van der Waals surface area contributed by atoms with Crippen LogP contribution in [0.25, 0.3) is 32.9 Å². The van der Waals surface area contributed by atoms with E-state index in [1.807, 2.05) is 12.1 Å². The number of anilines is 1. The molecule has 0 saturated heterocycles. The molecule has 1 aromatic carbocycles. The third kappa shape index (κ3) is 7.71. The predicted molar refractivity (Wildman–Crippen MR) is 157 cm³/mol. The van der Waals surface area contributed by atoms with E-state index in [1.165, 1.54) is 11.1 Å². The highest BCUT2D eigenvalue weighted by Crippen LogP contribution is 2.37. The summed E-state index contributed by atoms with van der Waals surface area (Å²) in [5.74, 6) is 0.479. The molecular weight excluding hydrogens is 590 g/mol. The molecule has 0 amide bonds. The van der Waals surface area contributed by atoms with E-state index in [1.54, 1.807) is 45.7 Å². The summed E-state index contributed by atoms with van der Waals surface area (Å²) in [7, 11) is -5.49. The molecule has 3 aromatic heterocycles.